The minimum Gasteiger partial charge on any atom is -0.465 e. The molecule has 1 saturated heterocycles. The smallest absolute Gasteiger partial charge is 0.337 e. The Morgan fingerprint density at radius 2 is 2.19 bits per heavy atom. The molecule has 0 radical (unpaired) electrons. The standard InChI is InChI=1S/C13H16ClNO5S/c1-9-13(21(3,17)18,8-15(14)20-9)11-6-4-5-10(7-11)12(16)19-2/h4-7,9H,8H2,1-3H3. The van der Waals surface area contributed by atoms with Crippen molar-refractivity contribution >= 4 is 27.6 Å². The van der Waals surface area contributed by atoms with E-state index in [9.17, 15) is 13.2 Å². The molecule has 6 nitrogen and oxygen atoms in total. The molecule has 116 valence electrons. The Labute approximate surface area is 128 Å². The number of esters is 1. The van der Waals surface area contributed by atoms with Crippen LogP contribution in [0.25, 0.3) is 0 Å². The molecular weight excluding hydrogens is 318 g/mol. The minimum absolute atomic E-state index is 0.0286. The summed E-state index contributed by atoms with van der Waals surface area (Å²) in [5.74, 6) is -0.533. The predicted molar refractivity (Wildman–Crippen MR) is 77.4 cm³/mol. The van der Waals surface area contributed by atoms with Gasteiger partial charge in [-0.2, -0.15) is 0 Å². The van der Waals surface area contributed by atoms with Crippen LogP contribution in [0.1, 0.15) is 22.8 Å². The molecule has 21 heavy (non-hydrogen) atoms. The zero-order chi connectivity index (χ0) is 15.8. The first-order chi connectivity index (χ1) is 9.72. The highest BCUT2D eigenvalue weighted by Gasteiger charge is 2.55. The van der Waals surface area contributed by atoms with Gasteiger partial charge >= 0.3 is 5.97 Å². The first kappa shape index (κ1) is 16.2. The quantitative estimate of drug-likeness (QED) is 0.616. The number of sulfone groups is 1. The van der Waals surface area contributed by atoms with Crippen molar-refractivity contribution < 1.29 is 22.8 Å². The second-order valence-corrected chi connectivity index (χ2v) is 7.61. The van der Waals surface area contributed by atoms with Gasteiger partial charge in [-0.1, -0.05) is 16.7 Å². The summed E-state index contributed by atoms with van der Waals surface area (Å²) in [6, 6.07) is 6.31. The van der Waals surface area contributed by atoms with Crippen molar-refractivity contribution in [3.05, 3.63) is 35.4 Å². The molecule has 1 aromatic rings. The van der Waals surface area contributed by atoms with Gasteiger partial charge in [0.05, 0.1) is 19.2 Å². The number of ether oxygens (including phenoxy) is 1. The van der Waals surface area contributed by atoms with Crippen molar-refractivity contribution in [3.63, 3.8) is 0 Å². The van der Waals surface area contributed by atoms with Crippen LogP contribution in [-0.2, 0) is 24.2 Å². The van der Waals surface area contributed by atoms with Crippen molar-refractivity contribution in [2.45, 2.75) is 17.8 Å². The molecule has 1 aliphatic rings. The second-order valence-electron chi connectivity index (χ2n) is 4.96. The average molecular weight is 334 g/mol. The Morgan fingerprint density at radius 3 is 2.67 bits per heavy atom. The molecular formula is C13H16ClNO5S. The summed E-state index contributed by atoms with van der Waals surface area (Å²) in [5.41, 5.74) is 0.724. The Hall–Kier alpha value is -1.15. The van der Waals surface area contributed by atoms with Gasteiger partial charge in [-0.05, 0) is 24.6 Å². The van der Waals surface area contributed by atoms with Crippen LogP contribution in [0.3, 0.4) is 0 Å². The van der Waals surface area contributed by atoms with Crippen LogP contribution in [0.4, 0.5) is 0 Å². The number of benzene rings is 1. The number of halogens is 1. The lowest BCUT2D eigenvalue weighted by atomic mass is 9.92. The van der Waals surface area contributed by atoms with Crippen LogP contribution in [-0.4, -0.2) is 45.0 Å². The number of hydrogen-bond donors (Lipinski definition) is 0. The minimum atomic E-state index is -3.55. The summed E-state index contributed by atoms with van der Waals surface area (Å²) in [5, 5.41) is 0. The van der Waals surface area contributed by atoms with E-state index >= 15 is 0 Å². The predicted octanol–water partition coefficient (Wildman–Crippen LogP) is 1.50. The fourth-order valence-corrected chi connectivity index (χ4v) is 4.53. The molecule has 0 amide bonds. The fourth-order valence-electron chi connectivity index (χ4n) is 2.59. The molecule has 0 spiro atoms. The van der Waals surface area contributed by atoms with E-state index in [0.717, 1.165) is 10.8 Å². The van der Waals surface area contributed by atoms with E-state index in [1.807, 2.05) is 0 Å². The molecule has 0 aromatic heterocycles. The Bertz CT molecular complexity index is 662. The molecule has 1 aliphatic heterocycles. The molecule has 1 aromatic carbocycles. The van der Waals surface area contributed by atoms with Crippen LogP contribution in [0, 0.1) is 0 Å². The molecule has 2 atom stereocenters. The first-order valence-electron chi connectivity index (χ1n) is 6.21. The lowest BCUT2D eigenvalue weighted by Gasteiger charge is -2.29. The zero-order valence-electron chi connectivity index (χ0n) is 11.9. The summed E-state index contributed by atoms with van der Waals surface area (Å²) >= 11 is 5.83. The van der Waals surface area contributed by atoms with Crippen LogP contribution in [0.15, 0.2) is 24.3 Å². The largest absolute Gasteiger partial charge is 0.465 e. The van der Waals surface area contributed by atoms with Gasteiger partial charge in [0.2, 0.25) is 0 Å². The zero-order valence-corrected chi connectivity index (χ0v) is 13.4. The summed E-state index contributed by atoms with van der Waals surface area (Å²) < 4.78 is 29.1. The monoisotopic (exact) mass is 333 g/mol. The Balaban J connectivity index is 2.62. The number of hydroxylamine groups is 1. The SMILES string of the molecule is COC(=O)c1cccc(C2(S(C)(=O)=O)CN(Cl)OC2C)c1. The number of hydrogen-bond acceptors (Lipinski definition) is 6. The van der Waals surface area contributed by atoms with Crippen molar-refractivity contribution in [2.75, 3.05) is 19.9 Å². The maximum atomic E-state index is 12.4. The topological polar surface area (TPSA) is 72.9 Å². The van der Waals surface area contributed by atoms with Crippen molar-refractivity contribution in [1.82, 2.24) is 4.58 Å². The molecule has 0 saturated carbocycles. The fraction of sp³-hybridized carbons (Fsp3) is 0.462. The number of methoxy groups -OCH3 is 1. The van der Waals surface area contributed by atoms with Crippen molar-refractivity contribution in [3.8, 4) is 0 Å². The highest BCUT2D eigenvalue weighted by molar-refractivity contribution is 7.91. The summed E-state index contributed by atoms with van der Waals surface area (Å²) in [6.45, 7) is 1.60. The van der Waals surface area contributed by atoms with E-state index in [-0.39, 0.29) is 12.1 Å². The summed E-state index contributed by atoms with van der Waals surface area (Å²) in [7, 11) is -2.28. The summed E-state index contributed by atoms with van der Waals surface area (Å²) in [6.07, 6.45) is 0.450. The number of carbonyl (C=O) groups is 1. The van der Waals surface area contributed by atoms with E-state index in [1.54, 1.807) is 25.1 Å². The number of rotatable bonds is 3. The van der Waals surface area contributed by atoms with Gasteiger partial charge in [0, 0.05) is 18.0 Å². The van der Waals surface area contributed by atoms with Crippen LogP contribution < -0.4 is 0 Å². The van der Waals surface area contributed by atoms with E-state index < -0.39 is 26.7 Å². The third-order valence-corrected chi connectivity index (χ3v) is 5.94. The average Bonchev–Trinajstić information content (AvgIpc) is 2.73. The number of carbonyl (C=O) groups excluding carboxylic acids is 1. The third kappa shape index (κ3) is 2.66. The van der Waals surface area contributed by atoms with Gasteiger partial charge < -0.3 is 4.74 Å². The molecule has 0 bridgehead atoms. The first-order valence-corrected chi connectivity index (χ1v) is 8.44. The second kappa shape index (κ2) is 5.57. The van der Waals surface area contributed by atoms with E-state index in [2.05, 4.69) is 4.74 Å². The highest BCUT2D eigenvalue weighted by atomic mass is 35.5. The molecule has 0 aliphatic carbocycles. The van der Waals surface area contributed by atoms with Gasteiger partial charge in [0.1, 0.15) is 10.9 Å². The third-order valence-electron chi connectivity index (χ3n) is 3.72. The normalized spacial score (nSPS) is 26.8. The molecule has 8 heteroatoms. The van der Waals surface area contributed by atoms with Crippen LogP contribution in [0.5, 0.6) is 0 Å². The van der Waals surface area contributed by atoms with Gasteiger partial charge in [0.25, 0.3) is 0 Å². The van der Waals surface area contributed by atoms with Crippen LogP contribution in [0.2, 0.25) is 0 Å². The maximum Gasteiger partial charge on any atom is 0.337 e. The van der Waals surface area contributed by atoms with Gasteiger partial charge in [-0.25, -0.2) is 13.2 Å². The van der Waals surface area contributed by atoms with Crippen molar-refractivity contribution in [1.29, 1.82) is 0 Å². The lowest BCUT2D eigenvalue weighted by Crippen LogP contribution is -2.44. The summed E-state index contributed by atoms with van der Waals surface area (Å²) in [4.78, 5) is 16.9. The van der Waals surface area contributed by atoms with E-state index in [0.29, 0.717) is 5.56 Å². The van der Waals surface area contributed by atoms with Gasteiger partial charge in [-0.3, -0.25) is 4.84 Å². The van der Waals surface area contributed by atoms with E-state index in [1.165, 1.54) is 13.2 Å². The van der Waals surface area contributed by atoms with E-state index in [4.69, 9.17) is 16.6 Å². The van der Waals surface area contributed by atoms with Crippen molar-refractivity contribution in [2.24, 2.45) is 0 Å². The Kier molecular flexibility index (Phi) is 4.30. The Morgan fingerprint density at radius 1 is 1.52 bits per heavy atom. The maximum absolute atomic E-state index is 12.4. The molecule has 0 N–H and O–H groups in total. The molecule has 2 unspecified atom stereocenters. The van der Waals surface area contributed by atoms with Gasteiger partial charge in [0.15, 0.2) is 9.84 Å². The molecule has 1 heterocycles. The molecule has 1 fully saturated rings. The highest BCUT2D eigenvalue weighted by Crippen LogP contribution is 2.42. The lowest BCUT2D eigenvalue weighted by molar-refractivity contribution is -0.0695. The van der Waals surface area contributed by atoms with Crippen LogP contribution >= 0.6 is 11.8 Å². The number of nitrogens with zero attached hydrogens (tertiary/aromatic N) is 1. The molecule has 2 rings (SSSR count). The van der Waals surface area contributed by atoms with Gasteiger partial charge in [-0.15, -0.1) is 0 Å².